The number of aromatic nitrogens is 2. The van der Waals surface area contributed by atoms with E-state index in [1.54, 1.807) is 24.4 Å². The van der Waals surface area contributed by atoms with Gasteiger partial charge in [0.2, 0.25) is 0 Å². The van der Waals surface area contributed by atoms with Gasteiger partial charge in [-0.1, -0.05) is 17.7 Å². The van der Waals surface area contributed by atoms with Crippen molar-refractivity contribution < 1.29 is 4.79 Å². The highest BCUT2D eigenvalue weighted by Gasteiger charge is 2.09. The molecule has 0 saturated carbocycles. The Bertz CT molecular complexity index is 839. The summed E-state index contributed by atoms with van der Waals surface area (Å²) in [4.78, 5) is 16.7. The number of hydrogen-bond donors (Lipinski definition) is 1. The molecule has 3 aromatic rings. The maximum atomic E-state index is 12.3. The number of fused-ring (bicyclic) bond motifs is 1. The zero-order chi connectivity index (χ0) is 15.0. The van der Waals surface area contributed by atoms with Crippen molar-refractivity contribution in [1.82, 2.24) is 9.38 Å². The molecule has 1 amide bonds. The molecule has 4 nitrogen and oxygen atoms in total. The molecule has 1 aromatic carbocycles. The zero-order valence-electron chi connectivity index (χ0n) is 11.7. The fourth-order valence-corrected chi connectivity index (χ4v) is 2.35. The number of imidazole rings is 1. The molecule has 0 aliphatic rings. The van der Waals surface area contributed by atoms with Gasteiger partial charge in [0.05, 0.1) is 11.3 Å². The minimum atomic E-state index is -0.173. The van der Waals surface area contributed by atoms with Crippen molar-refractivity contribution in [2.24, 2.45) is 0 Å². The lowest BCUT2D eigenvalue weighted by Crippen LogP contribution is -2.13. The van der Waals surface area contributed by atoms with Gasteiger partial charge in [-0.15, -0.1) is 0 Å². The second kappa shape index (κ2) is 5.22. The van der Waals surface area contributed by atoms with Gasteiger partial charge >= 0.3 is 0 Å². The van der Waals surface area contributed by atoms with Gasteiger partial charge < -0.3 is 9.72 Å². The lowest BCUT2D eigenvalue weighted by molar-refractivity contribution is 0.102. The summed E-state index contributed by atoms with van der Waals surface area (Å²) in [5.41, 5.74) is 3.99. The molecular weight excluding hydrogens is 286 g/mol. The number of nitrogens with zero attached hydrogens (tertiary/aromatic N) is 2. The first-order chi connectivity index (χ1) is 10.0. The normalized spacial score (nSPS) is 10.8. The summed E-state index contributed by atoms with van der Waals surface area (Å²) < 4.78 is 1.84. The molecular formula is C16H14ClN3O. The summed E-state index contributed by atoms with van der Waals surface area (Å²) in [6, 6.07) is 9.01. The molecule has 0 spiro atoms. The molecule has 0 bridgehead atoms. The molecule has 0 saturated heterocycles. The van der Waals surface area contributed by atoms with E-state index in [1.165, 1.54) is 0 Å². The number of carbonyl (C=O) groups excluding carboxylic acids is 1. The molecule has 5 heteroatoms. The molecule has 0 radical (unpaired) electrons. The summed E-state index contributed by atoms with van der Waals surface area (Å²) >= 11 is 5.96. The fourth-order valence-electron chi connectivity index (χ4n) is 2.18. The van der Waals surface area contributed by atoms with Gasteiger partial charge in [-0.05, 0) is 43.7 Å². The van der Waals surface area contributed by atoms with Gasteiger partial charge in [0.25, 0.3) is 5.91 Å². The fraction of sp³-hybridized carbons (Fsp3) is 0.125. The standard InChI is InChI=1S/C16H14ClN3O/c1-10-3-5-13(17)7-14(10)19-16(21)12-4-6-15-18-11(2)8-20(15)9-12/h3-9H,1-2H3,(H,19,21). The van der Waals surface area contributed by atoms with E-state index in [4.69, 9.17) is 11.6 Å². The highest BCUT2D eigenvalue weighted by atomic mass is 35.5. The monoisotopic (exact) mass is 299 g/mol. The number of aryl methyl sites for hydroxylation is 2. The summed E-state index contributed by atoms with van der Waals surface area (Å²) in [6.07, 6.45) is 3.65. The van der Waals surface area contributed by atoms with Crippen molar-refractivity contribution in [2.75, 3.05) is 5.32 Å². The van der Waals surface area contributed by atoms with Crippen LogP contribution in [0.1, 0.15) is 21.6 Å². The second-order valence-corrected chi connectivity index (χ2v) is 5.42. The number of halogens is 1. The Labute approximate surface area is 127 Å². The number of benzene rings is 1. The summed E-state index contributed by atoms with van der Waals surface area (Å²) in [6.45, 7) is 3.84. The maximum absolute atomic E-state index is 12.3. The Balaban J connectivity index is 1.91. The van der Waals surface area contributed by atoms with Crippen LogP contribution in [0.2, 0.25) is 5.02 Å². The highest BCUT2D eigenvalue weighted by Crippen LogP contribution is 2.21. The van der Waals surface area contributed by atoms with Gasteiger partial charge in [0, 0.05) is 23.1 Å². The van der Waals surface area contributed by atoms with Crippen LogP contribution in [0, 0.1) is 13.8 Å². The van der Waals surface area contributed by atoms with Crippen LogP contribution >= 0.6 is 11.6 Å². The van der Waals surface area contributed by atoms with Crippen LogP contribution in [0.25, 0.3) is 5.65 Å². The minimum Gasteiger partial charge on any atom is -0.322 e. The number of rotatable bonds is 2. The van der Waals surface area contributed by atoms with Crippen LogP contribution in [0.4, 0.5) is 5.69 Å². The average Bonchev–Trinajstić information content (AvgIpc) is 2.81. The van der Waals surface area contributed by atoms with Crippen LogP contribution in [0.5, 0.6) is 0 Å². The quantitative estimate of drug-likeness (QED) is 0.781. The van der Waals surface area contributed by atoms with Gasteiger partial charge in [0.15, 0.2) is 0 Å². The molecule has 3 rings (SSSR count). The second-order valence-electron chi connectivity index (χ2n) is 4.98. The number of carbonyl (C=O) groups is 1. The van der Waals surface area contributed by atoms with Gasteiger partial charge in [-0.2, -0.15) is 0 Å². The van der Waals surface area contributed by atoms with E-state index in [1.807, 2.05) is 36.6 Å². The largest absolute Gasteiger partial charge is 0.322 e. The van der Waals surface area contributed by atoms with Crippen molar-refractivity contribution in [3.8, 4) is 0 Å². The number of hydrogen-bond acceptors (Lipinski definition) is 2. The molecule has 0 aliphatic carbocycles. The lowest BCUT2D eigenvalue weighted by Gasteiger charge is -2.09. The predicted molar refractivity (Wildman–Crippen MR) is 84.1 cm³/mol. The van der Waals surface area contributed by atoms with Crippen molar-refractivity contribution in [3.63, 3.8) is 0 Å². The van der Waals surface area contributed by atoms with Crippen LogP contribution in [0.15, 0.2) is 42.7 Å². The molecule has 0 aliphatic heterocycles. The van der Waals surface area contributed by atoms with E-state index in [9.17, 15) is 4.79 Å². The molecule has 106 valence electrons. The van der Waals surface area contributed by atoms with Crippen molar-refractivity contribution in [1.29, 1.82) is 0 Å². The maximum Gasteiger partial charge on any atom is 0.257 e. The van der Waals surface area contributed by atoms with Gasteiger partial charge in [-0.3, -0.25) is 4.79 Å². The summed E-state index contributed by atoms with van der Waals surface area (Å²) in [7, 11) is 0. The molecule has 0 fully saturated rings. The minimum absolute atomic E-state index is 0.173. The first-order valence-electron chi connectivity index (χ1n) is 6.56. The molecule has 1 N–H and O–H groups in total. The van der Waals surface area contributed by atoms with Gasteiger partial charge in [0.1, 0.15) is 5.65 Å². The molecule has 0 unspecified atom stereocenters. The smallest absolute Gasteiger partial charge is 0.257 e. The summed E-state index contributed by atoms with van der Waals surface area (Å²) in [5, 5.41) is 3.48. The Morgan fingerprint density at radius 1 is 1.19 bits per heavy atom. The number of pyridine rings is 1. The Morgan fingerprint density at radius 2 is 2.00 bits per heavy atom. The van der Waals surface area contributed by atoms with Crippen molar-refractivity contribution in [3.05, 3.63) is 64.6 Å². The number of nitrogens with one attached hydrogen (secondary N) is 1. The van der Waals surface area contributed by atoms with Crippen LogP contribution < -0.4 is 5.32 Å². The van der Waals surface area contributed by atoms with E-state index in [2.05, 4.69) is 10.3 Å². The van der Waals surface area contributed by atoms with Crippen LogP contribution in [0.3, 0.4) is 0 Å². The first kappa shape index (κ1) is 13.6. The highest BCUT2D eigenvalue weighted by molar-refractivity contribution is 6.31. The first-order valence-corrected chi connectivity index (χ1v) is 6.93. The Hall–Kier alpha value is -2.33. The summed E-state index contributed by atoms with van der Waals surface area (Å²) in [5.74, 6) is -0.173. The molecule has 21 heavy (non-hydrogen) atoms. The molecule has 0 atom stereocenters. The van der Waals surface area contributed by atoms with E-state index in [0.29, 0.717) is 10.6 Å². The molecule has 2 aromatic heterocycles. The van der Waals surface area contributed by atoms with Crippen LogP contribution in [-0.4, -0.2) is 15.3 Å². The topological polar surface area (TPSA) is 46.4 Å². The van der Waals surface area contributed by atoms with E-state index in [0.717, 1.165) is 22.6 Å². The zero-order valence-corrected chi connectivity index (χ0v) is 12.5. The number of anilines is 1. The lowest BCUT2D eigenvalue weighted by atomic mass is 10.2. The third-order valence-electron chi connectivity index (χ3n) is 3.28. The SMILES string of the molecule is Cc1cn2cc(C(=O)Nc3cc(Cl)ccc3C)ccc2n1. The Morgan fingerprint density at radius 3 is 2.81 bits per heavy atom. The average molecular weight is 300 g/mol. The van der Waals surface area contributed by atoms with Gasteiger partial charge in [-0.25, -0.2) is 4.98 Å². The third kappa shape index (κ3) is 2.76. The predicted octanol–water partition coefficient (Wildman–Crippen LogP) is 3.86. The van der Waals surface area contributed by atoms with E-state index in [-0.39, 0.29) is 5.91 Å². The number of amides is 1. The third-order valence-corrected chi connectivity index (χ3v) is 3.52. The van der Waals surface area contributed by atoms with Crippen molar-refractivity contribution >= 4 is 28.8 Å². The van der Waals surface area contributed by atoms with E-state index >= 15 is 0 Å². The van der Waals surface area contributed by atoms with Crippen LogP contribution in [-0.2, 0) is 0 Å². The Kier molecular flexibility index (Phi) is 3.39. The van der Waals surface area contributed by atoms with E-state index < -0.39 is 0 Å². The molecule has 2 heterocycles. The van der Waals surface area contributed by atoms with Crippen molar-refractivity contribution in [2.45, 2.75) is 13.8 Å².